The predicted molar refractivity (Wildman–Crippen MR) is 52.8 cm³/mol. The lowest BCUT2D eigenvalue weighted by Crippen LogP contribution is -2.10. The van der Waals surface area contributed by atoms with Gasteiger partial charge in [0.25, 0.3) is 9.84 Å². The second kappa shape index (κ2) is 3.49. The highest BCUT2D eigenvalue weighted by molar-refractivity contribution is 7.93. The van der Waals surface area contributed by atoms with Gasteiger partial charge in [0.1, 0.15) is 0 Å². The van der Waals surface area contributed by atoms with Crippen LogP contribution in [-0.2, 0) is 9.84 Å². The fraction of sp³-hybridized carbons (Fsp3) is 0.125. The van der Waals surface area contributed by atoms with Gasteiger partial charge >= 0.3 is 5.76 Å². The van der Waals surface area contributed by atoms with Gasteiger partial charge in [0.15, 0.2) is 0 Å². The van der Waals surface area contributed by atoms with Gasteiger partial charge in [-0.05, 0) is 12.1 Å². The van der Waals surface area contributed by atoms with Crippen molar-refractivity contribution in [2.75, 3.05) is 0 Å². The molecule has 1 aromatic heterocycles. The number of sulfone groups is 1. The predicted octanol–water partition coefficient (Wildman–Crippen LogP) is 2.29. The summed E-state index contributed by atoms with van der Waals surface area (Å²) in [7, 11) is -4.56. The zero-order valence-corrected chi connectivity index (χ0v) is 8.86. The first-order valence-electron chi connectivity index (χ1n) is 3.89. The van der Waals surface area contributed by atoms with Crippen LogP contribution in [0.5, 0.6) is 0 Å². The third kappa shape index (κ3) is 1.72. The molecule has 0 saturated heterocycles. The van der Waals surface area contributed by atoms with Crippen molar-refractivity contribution in [3.63, 3.8) is 0 Å². The van der Waals surface area contributed by atoms with Crippen molar-refractivity contribution in [2.45, 2.75) is 10.1 Å². The molecule has 0 radical (unpaired) electrons. The molecule has 80 valence electrons. The number of hydrogen-bond acceptors (Lipinski definition) is 4. The van der Waals surface area contributed by atoms with Gasteiger partial charge in [0, 0.05) is 0 Å². The Kier molecular flexibility index (Phi) is 2.43. The monoisotopic (exact) mass is 249 g/mol. The number of nitrogens with zero attached hydrogens (tertiary/aromatic N) is 1. The summed E-state index contributed by atoms with van der Waals surface area (Å²) in [5.74, 6) is -3.42. The van der Waals surface area contributed by atoms with E-state index < -0.39 is 19.9 Å². The molecule has 0 N–H and O–H groups in total. The highest BCUT2D eigenvalue weighted by Gasteiger charge is 2.30. The van der Waals surface area contributed by atoms with Crippen LogP contribution in [0.4, 0.5) is 8.78 Å². The molecule has 0 aliphatic rings. The van der Waals surface area contributed by atoms with Crippen LogP contribution in [0.25, 0.3) is 10.2 Å². The van der Waals surface area contributed by atoms with Gasteiger partial charge in [-0.1, -0.05) is 12.1 Å². The summed E-state index contributed by atoms with van der Waals surface area (Å²) in [4.78, 5) is 3.66. The molecule has 2 rings (SSSR count). The van der Waals surface area contributed by atoms with Gasteiger partial charge in [-0.25, -0.2) is 13.4 Å². The maximum atomic E-state index is 12.2. The SMILES string of the molecule is O=S(=O)(c1nc2ccccc2s1)C(F)F. The lowest BCUT2D eigenvalue weighted by Gasteiger charge is -1.95. The van der Waals surface area contributed by atoms with Gasteiger partial charge in [-0.15, -0.1) is 11.3 Å². The molecule has 0 aliphatic carbocycles. The smallest absolute Gasteiger partial charge is 0.225 e. The summed E-state index contributed by atoms with van der Waals surface area (Å²) in [6.07, 6.45) is 0. The van der Waals surface area contributed by atoms with Crippen molar-refractivity contribution in [2.24, 2.45) is 0 Å². The van der Waals surface area contributed by atoms with Crippen molar-refractivity contribution in [3.05, 3.63) is 24.3 Å². The number of aromatic nitrogens is 1. The number of rotatable bonds is 2. The van der Waals surface area contributed by atoms with Crippen molar-refractivity contribution in [1.82, 2.24) is 4.98 Å². The number of alkyl halides is 2. The zero-order valence-electron chi connectivity index (χ0n) is 7.22. The average Bonchev–Trinajstić information content (AvgIpc) is 2.61. The molecule has 0 spiro atoms. The molecule has 0 aliphatic heterocycles. The van der Waals surface area contributed by atoms with Crippen molar-refractivity contribution < 1.29 is 17.2 Å². The van der Waals surface area contributed by atoms with Gasteiger partial charge < -0.3 is 0 Å². The molecule has 3 nitrogen and oxygen atoms in total. The minimum Gasteiger partial charge on any atom is -0.225 e. The second-order valence-corrected chi connectivity index (χ2v) is 5.88. The molecule has 0 amide bonds. The highest BCUT2D eigenvalue weighted by Crippen LogP contribution is 2.28. The number of para-hydroxylation sites is 1. The third-order valence-electron chi connectivity index (χ3n) is 1.75. The van der Waals surface area contributed by atoms with Gasteiger partial charge in [0.05, 0.1) is 10.2 Å². The van der Waals surface area contributed by atoms with Crippen LogP contribution >= 0.6 is 11.3 Å². The molecule has 7 heteroatoms. The van der Waals surface area contributed by atoms with Crippen LogP contribution in [0.3, 0.4) is 0 Å². The molecule has 0 unspecified atom stereocenters. The Hall–Kier alpha value is -1.08. The third-order valence-corrected chi connectivity index (χ3v) is 4.58. The molecule has 0 fully saturated rings. The van der Waals surface area contributed by atoms with Crippen LogP contribution in [-0.4, -0.2) is 19.2 Å². The van der Waals surface area contributed by atoms with Crippen LogP contribution in [0.15, 0.2) is 28.6 Å². The Morgan fingerprint density at radius 2 is 1.93 bits per heavy atom. The molecular weight excluding hydrogens is 244 g/mol. The largest absolute Gasteiger partial charge is 0.343 e. The molecule has 1 heterocycles. The first kappa shape index (κ1) is 10.4. The molecule has 15 heavy (non-hydrogen) atoms. The fourth-order valence-corrected chi connectivity index (χ4v) is 3.08. The number of thiazole rings is 1. The lowest BCUT2D eigenvalue weighted by atomic mass is 10.3. The lowest BCUT2D eigenvalue weighted by molar-refractivity contribution is 0.234. The van der Waals surface area contributed by atoms with E-state index >= 15 is 0 Å². The first-order chi connectivity index (χ1) is 7.01. The summed E-state index contributed by atoms with van der Waals surface area (Å²) in [5.41, 5.74) is 0.418. The van der Waals surface area contributed by atoms with E-state index in [0.717, 1.165) is 11.3 Å². The van der Waals surface area contributed by atoms with Crippen LogP contribution in [0.2, 0.25) is 0 Å². The van der Waals surface area contributed by atoms with Crippen molar-refractivity contribution >= 4 is 31.4 Å². The number of halogens is 2. The molecule has 2 aromatic rings. The minimum absolute atomic E-state index is 0.418. The Morgan fingerprint density at radius 3 is 2.53 bits per heavy atom. The first-order valence-corrected chi connectivity index (χ1v) is 6.26. The van der Waals surface area contributed by atoms with Crippen LogP contribution in [0.1, 0.15) is 0 Å². The number of hydrogen-bond donors (Lipinski definition) is 0. The van der Waals surface area contributed by atoms with Crippen molar-refractivity contribution in [3.8, 4) is 0 Å². The molecule has 0 bridgehead atoms. The maximum absolute atomic E-state index is 12.2. The quantitative estimate of drug-likeness (QED) is 0.820. The number of fused-ring (bicyclic) bond motifs is 1. The summed E-state index contributed by atoms with van der Waals surface area (Å²) in [5, 5.41) is 0. The van der Waals surface area contributed by atoms with E-state index in [1.165, 1.54) is 0 Å². The Bertz CT molecular complexity index is 558. The summed E-state index contributed by atoms with van der Waals surface area (Å²) >= 11 is 0.753. The van der Waals surface area contributed by atoms with Crippen LogP contribution in [0, 0.1) is 0 Å². The van der Waals surface area contributed by atoms with E-state index in [1.807, 2.05) is 0 Å². The molecular formula is C8H5F2NO2S2. The topological polar surface area (TPSA) is 47.0 Å². The van der Waals surface area contributed by atoms with Crippen LogP contribution < -0.4 is 0 Å². The summed E-state index contributed by atoms with van der Waals surface area (Å²) in [6, 6.07) is 6.58. The maximum Gasteiger partial charge on any atom is 0.343 e. The van der Waals surface area contributed by atoms with E-state index in [2.05, 4.69) is 4.98 Å². The average molecular weight is 249 g/mol. The van der Waals surface area contributed by atoms with E-state index in [-0.39, 0.29) is 0 Å². The molecule has 0 atom stereocenters. The molecule has 1 aromatic carbocycles. The number of benzene rings is 1. The second-order valence-electron chi connectivity index (χ2n) is 2.75. The summed E-state index contributed by atoms with van der Waals surface area (Å²) in [6.45, 7) is 0. The highest BCUT2D eigenvalue weighted by atomic mass is 32.2. The van der Waals surface area contributed by atoms with E-state index in [9.17, 15) is 17.2 Å². The standard InChI is InChI=1S/C8H5F2NO2S2/c9-7(10)15(12,13)8-11-5-3-1-2-4-6(5)14-8/h1-4,7H. The Morgan fingerprint density at radius 1 is 1.27 bits per heavy atom. The van der Waals surface area contributed by atoms with E-state index in [0.29, 0.717) is 10.2 Å². The van der Waals surface area contributed by atoms with Gasteiger partial charge in [0.2, 0.25) is 4.34 Å². The normalized spacial score (nSPS) is 12.5. The fourth-order valence-electron chi connectivity index (χ4n) is 1.05. The van der Waals surface area contributed by atoms with E-state index in [4.69, 9.17) is 0 Å². The van der Waals surface area contributed by atoms with Gasteiger partial charge in [-0.3, -0.25) is 0 Å². The Balaban J connectivity index is 2.64. The molecule has 0 saturated carbocycles. The summed E-state index contributed by atoms with van der Waals surface area (Å²) < 4.78 is 46.7. The van der Waals surface area contributed by atoms with Gasteiger partial charge in [-0.2, -0.15) is 8.78 Å². The zero-order chi connectivity index (χ0) is 11.1. The minimum atomic E-state index is -4.56. The van der Waals surface area contributed by atoms with E-state index in [1.54, 1.807) is 24.3 Å². The van der Waals surface area contributed by atoms with Crippen molar-refractivity contribution in [1.29, 1.82) is 0 Å². The Labute approximate surface area is 88.3 Å².